The molecule has 1 spiro atoms. The van der Waals surface area contributed by atoms with Crippen molar-refractivity contribution in [1.82, 2.24) is 29.7 Å². The van der Waals surface area contributed by atoms with E-state index in [4.69, 9.17) is 21.9 Å². The summed E-state index contributed by atoms with van der Waals surface area (Å²) in [6, 6.07) is -1.01. The van der Waals surface area contributed by atoms with Crippen LogP contribution in [0.2, 0.25) is 0 Å². The summed E-state index contributed by atoms with van der Waals surface area (Å²) < 4.78 is 8.13. The van der Waals surface area contributed by atoms with Gasteiger partial charge in [-0.05, 0) is 45.6 Å². The molecule has 0 saturated carbocycles. The van der Waals surface area contributed by atoms with E-state index in [0.29, 0.717) is 56.5 Å². The Morgan fingerprint density at radius 2 is 2.00 bits per heavy atom. The third-order valence-corrected chi connectivity index (χ3v) is 7.36. The second-order valence-corrected chi connectivity index (χ2v) is 10.2. The summed E-state index contributed by atoms with van der Waals surface area (Å²) in [6.07, 6.45) is 5.25. The van der Waals surface area contributed by atoms with Crippen LogP contribution in [0.25, 0.3) is 11.2 Å². The van der Waals surface area contributed by atoms with Gasteiger partial charge in [0.15, 0.2) is 11.5 Å². The fourth-order valence-corrected chi connectivity index (χ4v) is 5.49. The zero-order valence-electron chi connectivity index (χ0n) is 20.9. The number of ether oxygens (including phenoxy) is 1. The van der Waals surface area contributed by atoms with E-state index in [9.17, 15) is 14.7 Å². The van der Waals surface area contributed by atoms with Gasteiger partial charge in [-0.1, -0.05) is 0 Å². The minimum absolute atomic E-state index is 0.0345. The highest BCUT2D eigenvalue weighted by atomic mass is 16.5. The highest BCUT2D eigenvalue weighted by Gasteiger charge is 2.50. The predicted molar refractivity (Wildman–Crippen MR) is 133 cm³/mol. The maximum Gasteiger partial charge on any atom is 0.245 e. The average Bonchev–Trinajstić information content (AvgIpc) is 3.21. The summed E-state index contributed by atoms with van der Waals surface area (Å²) in [5.74, 6) is -0.0979. The number of nitrogen functional groups attached to an aromatic ring is 2. The largest absolute Gasteiger partial charge is 0.388 e. The number of rotatable bonds is 7. The number of nitrogens with two attached hydrogens (primary N) is 3. The van der Waals surface area contributed by atoms with Crippen LogP contribution >= 0.6 is 0 Å². The highest BCUT2D eigenvalue weighted by Crippen LogP contribution is 2.44. The fraction of sp³-hybridized carbons (Fsp3) is 0.696. The van der Waals surface area contributed by atoms with Crippen LogP contribution in [-0.2, 0) is 14.3 Å². The van der Waals surface area contributed by atoms with Gasteiger partial charge in [0, 0.05) is 26.4 Å². The third kappa shape index (κ3) is 5.22. The lowest BCUT2D eigenvalue weighted by atomic mass is 9.75. The number of fused-ring (bicyclic) bond motifs is 1. The zero-order valence-corrected chi connectivity index (χ0v) is 20.9. The number of aromatic nitrogens is 4. The molecule has 198 valence electrons. The molecule has 2 aromatic heterocycles. The molecule has 0 radical (unpaired) electrons. The quantitative estimate of drug-likeness (QED) is 0.312. The third-order valence-electron chi connectivity index (χ3n) is 7.36. The van der Waals surface area contributed by atoms with E-state index in [-0.39, 0.29) is 30.2 Å². The van der Waals surface area contributed by atoms with E-state index >= 15 is 0 Å². The molecule has 2 fully saturated rings. The Balaban J connectivity index is 1.43. The topological polar surface area (TPSA) is 201 Å². The summed E-state index contributed by atoms with van der Waals surface area (Å²) >= 11 is 0. The van der Waals surface area contributed by atoms with Gasteiger partial charge in [-0.3, -0.25) is 9.59 Å². The van der Waals surface area contributed by atoms with Crippen LogP contribution in [0.1, 0.15) is 58.4 Å². The first-order chi connectivity index (χ1) is 17.0. The monoisotopic (exact) mass is 503 g/mol. The van der Waals surface area contributed by atoms with Crippen molar-refractivity contribution in [3.8, 4) is 0 Å². The fourth-order valence-electron chi connectivity index (χ4n) is 5.49. The number of nitrogens with one attached hydrogen (secondary N) is 1. The molecule has 4 rings (SSSR count). The van der Waals surface area contributed by atoms with Crippen molar-refractivity contribution in [3.63, 3.8) is 0 Å². The Kier molecular flexibility index (Phi) is 7.34. The lowest BCUT2D eigenvalue weighted by Crippen LogP contribution is -2.59. The van der Waals surface area contributed by atoms with Gasteiger partial charge in [0.2, 0.25) is 17.8 Å². The average molecular weight is 504 g/mol. The SMILES string of the molecule is CC(=O)N[C@@H](CCCCN)C(=O)N1CCC2(CC1)C[C@](C)(O)[C@@H](n1cnc3c(N)nc(N)nc31)CO2. The van der Waals surface area contributed by atoms with E-state index in [1.807, 2.05) is 0 Å². The van der Waals surface area contributed by atoms with Gasteiger partial charge in [-0.25, -0.2) is 4.98 Å². The van der Waals surface area contributed by atoms with Gasteiger partial charge < -0.3 is 41.8 Å². The number of anilines is 2. The van der Waals surface area contributed by atoms with Gasteiger partial charge >= 0.3 is 0 Å². The molecule has 3 atom stereocenters. The van der Waals surface area contributed by atoms with Crippen LogP contribution < -0.4 is 22.5 Å². The van der Waals surface area contributed by atoms with Crippen LogP contribution in [0.4, 0.5) is 11.8 Å². The first-order valence-electron chi connectivity index (χ1n) is 12.4. The van der Waals surface area contributed by atoms with E-state index in [1.165, 1.54) is 6.92 Å². The second-order valence-electron chi connectivity index (χ2n) is 10.2. The Hall–Kier alpha value is -3.03. The lowest BCUT2D eigenvalue weighted by molar-refractivity contribution is -0.197. The number of hydrogen-bond donors (Lipinski definition) is 5. The van der Waals surface area contributed by atoms with Crippen LogP contribution in [0.15, 0.2) is 6.33 Å². The molecule has 2 aliphatic rings. The van der Waals surface area contributed by atoms with Crippen molar-refractivity contribution < 1.29 is 19.4 Å². The second kappa shape index (κ2) is 10.1. The van der Waals surface area contributed by atoms with E-state index in [0.717, 1.165) is 12.8 Å². The van der Waals surface area contributed by atoms with E-state index in [1.54, 1.807) is 22.7 Å². The molecule has 4 heterocycles. The number of imidazole rings is 1. The Bertz CT molecular complexity index is 1110. The molecule has 2 saturated heterocycles. The maximum absolute atomic E-state index is 13.2. The Morgan fingerprint density at radius 1 is 1.28 bits per heavy atom. The maximum atomic E-state index is 13.2. The van der Waals surface area contributed by atoms with Crippen molar-refractivity contribution in [2.24, 2.45) is 5.73 Å². The standard InChI is InChI=1S/C23H37N9O4/c1-14(33)28-15(5-3-4-8-24)20(34)31-9-6-23(7-10-31)12-22(2,35)16(11-36-23)32-13-27-17-18(25)29-21(26)30-19(17)32/h13,15-16,35H,3-12,24H2,1-2H3,(H,28,33)(H4,25,26,29,30)/t15-,16-,22-/m0/s1. The molecule has 2 aliphatic heterocycles. The van der Waals surface area contributed by atoms with Crippen LogP contribution in [0, 0.1) is 0 Å². The van der Waals surface area contributed by atoms with Crippen molar-refractivity contribution in [2.75, 3.05) is 37.7 Å². The molecular formula is C23H37N9O4. The van der Waals surface area contributed by atoms with Crippen LogP contribution in [0.3, 0.4) is 0 Å². The summed E-state index contributed by atoms with van der Waals surface area (Å²) in [4.78, 5) is 39.1. The highest BCUT2D eigenvalue weighted by molar-refractivity contribution is 5.87. The van der Waals surface area contributed by atoms with Gasteiger partial charge in [-0.15, -0.1) is 0 Å². The van der Waals surface area contributed by atoms with Gasteiger partial charge in [0.05, 0.1) is 30.2 Å². The van der Waals surface area contributed by atoms with Gasteiger partial charge in [0.25, 0.3) is 0 Å². The van der Waals surface area contributed by atoms with Crippen molar-refractivity contribution in [3.05, 3.63) is 6.33 Å². The molecule has 0 aromatic carbocycles. The minimum atomic E-state index is -1.13. The molecule has 13 nitrogen and oxygen atoms in total. The molecule has 36 heavy (non-hydrogen) atoms. The molecule has 2 amide bonds. The summed E-state index contributed by atoms with van der Waals surface area (Å²) in [6.45, 7) is 4.96. The Labute approximate surface area is 209 Å². The normalized spacial score (nSPS) is 24.7. The molecule has 13 heteroatoms. The van der Waals surface area contributed by atoms with E-state index < -0.39 is 23.3 Å². The van der Waals surface area contributed by atoms with E-state index in [2.05, 4.69) is 20.3 Å². The number of carbonyl (C=O) groups is 2. The number of unbranched alkanes of at least 4 members (excludes halogenated alkanes) is 1. The van der Waals surface area contributed by atoms with Crippen molar-refractivity contribution >= 4 is 34.7 Å². The smallest absolute Gasteiger partial charge is 0.245 e. The first kappa shape index (κ1) is 26.0. The number of amides is 2. The molecular weight excluding hydrogens is 466 g/mol. The molecule has 0 aliphatic carbocycles. The summed E-state index contributed by atoms with van der Waals surface area (Å²) in [5, 5.41) is 14.3. The summed E-state index contributed by atoms with van der Waals surface area (Å²) in [7, 11) is 0. The first-order valence-corrected chi connectivity index (χ1v) is 12.4. The number of nitrogens with zero attached hydrogens (tertiary/aromatic N) is 5. The molecule has 2 aromatic rings. The van der Waals surface area contributed by atoms with Crippen molar-refractivity contribution in [1.29, 1.82) is 0 Å². The minimum Gasteiger partial charge on any atom is -0.388 e. The predicted octanol–water partition coefficient (Wildman–Crippen LogP) is -0.302. The molecule has 8 N–H and O–H groups in total. The van der Waals surface area contributed by atoms with Crippen LogP contribution in [-0.4, -0.2) is 84.8 Å². The number of likely N-dealkylation sites (tertiary alicyclic amines) is 1. The summed E-state index contributed by atoms with van der Waals surface area (Å²) in [5.41, 5.74) is 16.5. The van der Waals surface area contributed by atoms with Crippen molar-refractivity contribution in [2.45, 2.75) is 75.7 Å². The Morgan fingerprint density at radius 3 is 2.64 bits per heavy atom. The molecule has 0 bridgehead atoms. The van der Waals surface area contributed by atoms with Crippen LogP contribution in [0.5, 0.6) is 0 Å². The molecule has 0 unspecified atom stereocenters. The number of aliphatic hydroxyl groups is 1. The zero-order chi connectivity index (χ0) is 26.1. The number of hydrogen-bond acceptors (Lipinski definition) is 10. The number of piperidine rings is 1. The lowest BCUT2D eigenvalue weighted by Gasteiger charge is -2.51. The van der Waals surface area contributed by atoms with Gasteiger partial charge in [0.1, 0.15) is 11.6 Å². The number of carbonyl (C=O) groups excluding carboxylic acids is 2. The van der Waals surface area contributed by atoms with Gasteiger partial charge in [-0.2, -0.15) is 9.97 Å².